The molecule has 0 aliphatic carbocycles. The molecule has 0 bridgehead atoms. The van der Waals surface area contributed by atoms with Crippen LogP contribution >= 0.6 is 11.8 Å². The fourth-order valence-corrected chi connectivity index (χ4v) is 6.01. The van der Waals surface area contributed by atoms with Crippen LogP contribution in [0.2, 0.25) is 0 Å². The maximum Gasteiger partial charge on any atom is 0.341 e. The summed E-state index contributed by atoms with van der Waals surface area (Å²) in [6.45, 7) is 1.31. The number of thioether (sulfide) groups is 1. The minimum atomic E-state index is -3.98. The quantitative estimate of drug-likeness (QED) is 0.232. The van der Waals surface area contributed by atoms with E-state index >= 15 is 0 Å². The Hall–Kier alpha value is -4.94. The SMILES string of the molecule is Cc1ccc(S(=O)(=O)NC(=O)Cc2ccc(N=C3NC(=O)/C(=C\c4cc5ccccc5cc4OCC(=O)O)S3)cc2)cc1. The summed E-state index contributed by atoms with van der Waals surface area (Å²) in [5.41, 5.74) is 2.54. The third-order valence-electron chi connectivity index (χ3n) is 6.28. The number of sulfonamides is 1. The van der Waals surface area contributed by atoms with Crippen LogP contribution in [0.4, 0.5) is 5.69 Å². The van der Waals surface area contributed by atoms with Gasteiger partial charge in [-0.3, -0.25) is 9.59 Å². The predicted molar refractivity (Wildman–Crippen MR) is 165 cm³/mol. The van der Waals surface area contributed by atoms with Crippen LogP contribution in [-0.4, -0.2) is 43.1 Å². The van der Waals surface area contributed by atoms with Crippen LogP contribution in [0.15, 0.2) is 99.7 Å². The van der Waals surface area contributed by atoms with Gasteiger partial charge in [-0.2, -0.15) is 0 Å². The van der Waals surface area contributed by atoms with Crippen molar-refractivity contribution >= 4 is 67.3 Å². The lowest BCUT2D eigenvalue weighted by Gasteiger charge is -2.10. The number of aryl methyl sites for hydroxylation is 1. The number of fused-ring (bicyclic) bond motifs is 1. The normalized spacial score (nSPS) is 15.0. The average molecular weight is 616 g/mol. The molecule has 12 heteroatoms. The Labute approximate surface area is 251 Å². The van der Waals surface area contributed by atoms with E-state index in [9.17, 15) is 22.8 Å². The van der Waals surface area contributed by atoms with Gasteiger partial charge in [0.25, 0.3) is 15.9 Å². The van der Waals surface area contributed by atoms with E-state index in [0.717, 1.165) is 28.1 Å². The molecular weight excluding hydrogens is 590 g/mol. The van der Waals surface area contributed by atoms with Crippen LogP contribution in [0.1, 0.15) is 16.7 Å². The van der Waals surface area contributed by atoms with Gasteiger partial charge in [0.05, 0.1) is 21.9 Å². The Morgan fingerprint density at radius 1 is 1.00 bits per heavy atom. The molecule has 1 aliphatic heterocycles. The highest BCUT2D eigenvalue weighted by Gasteiger charge is 2.25. The third-order valence-corrected chi connectivity index (χ3v) is 8.58. The van der Waals surface area contributed by atoms with Crippen LogP contribution in [0.25, 0.3) is 16.8 Å². The van der Waals surface area contributed by atoms with Gasteiger partial charge in [-0.25, -0.2) is 22.9 Å². The molecule has 3 N–H and O–H groups in total. The van der Waals surface area contributed by atoms with E-state index in [1.54, 1.807) is 48.5 Å². The van der Waals surface area contributed by atoms with E-state index in [-0.39, 0.29) is 17.2 Å². The molecule has 0 saturated carbocycles. The maximum absolute atomic E-state index is 12.7. The first-order valence-electron chi connectivity index (χ1n) is 12.9. The van der Waals surface area contributed by atoms with E-state index in [1.165, 1.54) is 12.1 Å². The smallest absolute Gasteiger partial charge is 0.341 e. The van der Waals surface area contributed by atoms with Crippen LogP contribution in [0.5, 0.6) is 5.75 Å². The molecule has 4 aromatic carbocycles. The first kappa shape index (κ1) is 29.5. The molecule has 5 rings (SSSR count). The van der Waals surface area contributed by atoms with Gasteiger partial charge in [-0.1, -0.05) is 54.1 Å². The highest BCUT2D eigenvalue weighted by molar-refractivity contribution is 8.18. The van der Waals surface area contributed by atoms with Crippen molar-refractivity contribution in [1.82, 2.24) is 10.0 Å². The molecule has 0 radical (unpaired) electrons. The number of rotatable bonds is 9. The van der Waals surface area contributed by atoms with Crippen molar-refractivity contribution in [3.8, 4) is 5.75 Å². The van der Waals surface area contributed by atoms with E-state index < -0.39 is 28.5 Å². The number of carboxylic acid groups (broad SMARTS) is 1. The number of amides is 2. The summed E-state index contributed by atoms with van der Waals surface area (Å²) in [7, 11) is -3.98. The summed E-state index contributed by atoms with van der Waals surface area (Å²) in [6, 6.07) is 23.9. The Morgan fingerprint density at radius 2 is 1.67 bits per heavy atom. The lowest BCUT2D eigenvalue weighted by atomic mass is 10.1. The molecule has 0 atom stereocenters. The molecule has 0 aromatic heterocycles. The Kier molecular flexibility index (Phi) is 8.60. The van der Waals surface area contributed by atoms with Crippen molar-refractivity contribution < 1.29 is 32.6 Å². The first-order chi connectivity index (χ1) is 20.6. The van der Waals surface area contributed by atoms with Crippen LogP contribution in [0.3, 0.4) is 0 Å². The largest absolute Gasteiger partial charge is 0.481 e. The number of hydrogen-bond acceptors (Lipinski definition) is 8. The zero-order valence-electron chi connectivity index (χ0n) is 22.7. The number of ether oxygens (including phenoxy) is 1. The Balaban J connectivity index is 1.27. The van der Waals surface area contributed by atoms with Crippen molar-refractivity contribution in [2.45, 2.75) is 18.2 Å². The number of carboxylic acids is 1. The van der Waals surface area contributed by atoms with Crippen molar-refractivity contribution in [1.29, 1.82) is 0 Å². The van der Waals surface area contributed by atoms with Gasteiger partial charge >= 0.3 is 5.97 Å². The summed E-state index contributed by atoms with van der Waals surface area (Å²) in [4.78, 5) is 41.0. The minimum Gasteiger partial charge on any atom is -0.481 e. The number of benzene rings is 4. The molecule has 1 heterocycles. The number of nitrogens with one attached hydrogen (secondary N) is 2. The molecule has 0 spiro atoms. The number of hydrogen-bond donors (Lipinski definition) is 3. The van der Waals surface area contributed by atoms with E-state index in [4.69, 9.17) is 9.84 Å². The van der Waals surface area contributed by atoms with E-state index in [0.29, 0.717) is 32.6 Å². The molecule has 1 fully saturated rings. The zero-order valence-corrected chi connectivity index (χ0v) is 24.4. The first-order valence-corrected chi connectivity index (χ1v) is 15.2. The highest BCUT2D eigenvalue weighted by atomic mass is 32.2. The lowest BCUT2D eigenvalue weighted by Crippen LogP contribution is -2.31. The summed E-state index contributed by atoms with van der Waals surface area (Å²) in [5.74, 6) is -1.83. The number of carbonyl (C=O) groups excluding carboxylic acids is 2. The molecule has 4 aromatic rings. The van der Waals surface area contributed by atoms with Crippen molar-refractivity contribution in [3.63, 3.8) is 0 Å². The fraction of sp³-hybridized carbons (Fsp3) is 0.0968. The molecule has 1 saturated heterocycles. The number of nitrogens with zero attached hydrogens (tertiary/aromatic N) is 1. The number of carbonyl (C=O) groups is 3. The highest BCUT2D eigenvalue weighted by Crippen LogP contribution is 2.33. The van der Waals surface area contributed by atoms with Crippen molar-refractivity contribution in [2.75, 3.05) is 6.61 Å². The summed E-state index contributed by atoms with van der Waals surface area (Å²) < 4.78 is 32.5. The van der Waals surface area contributed by atoms with Gasteiger partial charge in [0.1, 0.15) is 5.75 Å². The van der Waals surface area contributed by atoms with Gasteiger partial charge < -0.3 is 15.2 Å². The third kappa shape index (κ3) is 7.48. The Morgan fingerprint density at radius 3 is 2.35 bits per heavy atom. The summed E-state index contributed by atoms with van der Waals surface area (Å²) >= 11 is 1.11. The zero-order chi connectivity index (χ0) is 30.6. The number of aliphatic imine (C=N–C) groups is 1. The molecule has 0 unspecified atom stereocenters. The second kappa shape index (κ2) is 12.5. The van der Waals surface area contributed by atoms with Gasteiger partial charge in [0.15, 0.2) is 11.8 Å². The van der Waals surface area contributed by atoms with Gasteiger partial charge in [0.2, 0.25) is 5.91 Å². The monoisotopic (exact) mass is 615 g/mol. The molecule has 1 aliphatic rings. The van der Waals surface area contributed by atoms with Gasteiger partial charge in [-0.05, 0) is 77.5 Å². The molecule has 218 valence electrons. The number of amidine groups is 1. The van der Waals surface area contributed by atoms with Gasteiger partial charge in [-0.15, -0.1) is 0 Å². The molecule has 10 nitrogen and oxygen atoms in total. The lowest BCUT2D eigenvalue weighted by molar-refractivity contribution is -0.139. The van der Waals surface area contributed by atoms with E-state index in [1.807, 2.05) is 37.3 Å². The van der Waals surface area contributed by atoms with Crippen LogP contribution < -0.4 is 14.8 Å². The Bertz CT molecular complexity index is 1900. The summed E-state index contributed by atoms with van der Waals surface area (Å²) in [5, 5.41) is 13.9. The second-order valence-corrected chi connectivity index (χ2v) is 12.3. The molecule has 43 heavy (non-hydrogen) atoms. The molecule has 2 amide bonds. The topological polar surface area (TPSA) is 151 Å². The van der Waals surface area contributed by atoms with Crippen molar-refractivity contribution in [2.24, 2.45) is 4.99 Å². The van der Waals surface area contributed by atoms with Crippen LogP contribution in [0, 0.1) is 6.92 Å². The maximum atomic E-state index is 12.7. The fourth-order valence-electron chi connectivity index (χ4n) is 4.19. The van der Waals surface area contributed by atoms with Crippen molar-refractivity contribution in [3.05, 3.63) is 107 Å². The number of aliphatic carboxylic acids is 1. The van der Waals surface area contributed by atoms with E-state index in [2.05, 4.69) is 15.0 Å². The minimum absolute atomic E-state index is 0.00628. The standard InChI is InChI=1S/C31H25N3O7S2/c1-19-6-12-25(13-7-19)43(39,40)34-28(35)14-20-8-10-24(11-9-20)32-31-33-30(38)27(42-31)17-23-15-21-4-2-3-5-22(21)16-26(23)41-18-29(36)37/h2-13,15-17H,14,18H2,1H3,(H,34,35)(H,36,37)(H,32,33,38)/b27-17+. The van der Waals surface area contributed by atoms with Gasteiger partial charge in [0, 0.05) is 5.56 Å². The molecular formula is C31H25N3O7S2. The van der Waals surface area contributed by atoms with Crippen LogP contribution in [-0.2, 0) is 30.8 Å². The average Bonchev–Trinajstić information content (AvgIpc) is 3.30. The summed E-state index contributed by atoms with van der Waals surface area (Å²) in [6.07, 6.45) is 1.47. The second-order valence-electron chi connectivity index (χ2n) is 9.59. The predicted octanol–water partition coefficient (Wildman–Crippen LogP) is 4.55.